The maximum atomic E-state index is 5.53. The summed E-state index contributed by atoms with van der Waals surface area (Å²) >= 11 is 0. The summed E-state index contributed by atoms with van der Waals surface area (Å²) in [6, 6.07) is 18.3. The molecule has 0 fully saturated rings. The van der Waals surface area contributed by atoms with E-state index < -0.39 is 0 Å². The van der Waals surface area contributed by atoms with E-state index in [1.165, 1.54) is 12.0 Å². The van der Waals surface area contributed by atoms with Crippen LogP contribution in [-0.2, 0) is 0 Å². The summed E-state index contributed by atoms with van der Waals surface area (Å²) in [7, 11) is 0. The molecule has 2 heteroatoms. The maximum Gasteiger partial charge on any atom is 0.182 e. The van der Waals surface area contributed by atoms with Gasteiger partial charge in [0.05, 0.1) is 0 Å². The van der Waals surface area contributed by atoms with E-state index in [0.29, 0.717) is 0 Å². The highest BCUT2D eigenvalue weighted by atomic mass is 16.3. The third-order valence-corrected chi connectivity index (χ3v) is 2.93. The van der Waals surface area contributed by atoms with Crippen molar-refractivity contribution in [3.05, 3.63) is 66.6 Å². The molecular formula is C16H13NO. The average Bonchev–Trinajstić information content (AvgIpc) is 2.90. The Morgan fingerprint density at radius 2 is 1.56 bits per heavy atom. The highest BCUT2D eigenvalue weighted by Crippen LogP contribution is 2.30. The fraction of sp³-hybridized carbons (Fsp3) is 0.0625. The second-order valence-corrected chi connectivity index (χ2v) is 4.26. The molecule has 0 radical (unpaired) electrons. The highest BCUT2D eigenvalue weighted by Gasteiger charge is 2.11. The lowest BCUT2D eigenvalue weighted by Gasteiger charge is -2.02. The van der Waals surface area contributed by atoms with E-state index in [2.05, 4.69) is 36.2 Å². The van der Waals surface area contributed by atoms with Crippen LogP contribution in [0, 0.1) is 6.92 Å². The van der Waals surface area contributed by atoms with Crippen molar-refractivity contribution < 1.29 is 4.42 Å². The first-order valence-corrected chi connectivity index (χ1v) is 5.90. The topological polar surface area (TPSA) is 26.0 Å². The largest absolute Gasteiger partial charge is 0.443 e. The number of aryl methyl sites for hydroxylation is 1. The first-order chi connectivity index (χ1) is 8.84. The molecule has 2 nitrogen and oxygen atoms in total. The zero-order valence-electron chi connectivity index (χ0n) is 10.1. The first-order valence-electron chi connectivity index (χ1n) is 5.90. The molecule has 0 aliphatic rings. The molecule has 0 aliphatic carbocycles. The SMILES string of the molecule is Cc1ccc(-c2ocnc2-c2ccccc2)cc1. The van der Waals surface area contributed by atoms with Gasteiger partial charge in [-0.2, -0.15) is 0 Å². The van der Waals surface area contributed by atoms with Gasteiger partial charge in [-0.05, 0) is 6.92 Å². The summed E-state index contributed by atoms with van der Waals surface area (Å²) in [5, 5.41) is 0. The molecule has 3 rings (SSSR count). The zero-order valence-corrected chi connectivity index (χ0v) is 10.1. The summed E-state index contributed by atoms with van der Waals surface area (Å²) in [6.45, 7) is 2.07. The van der Waals surface area contributed by atoms with Gasteiger partial charge in [0.25, 0.3) is 0 Å². The van der Waals surface area contributed by atoms with Gasteiger partial charge in [-0.25, -0.2) is 4.98 Å². The summed E-state index contributed by atoms with van der Waals surface area (Å²) in [4.78, 5) is 4.32. The Hall–Kier alpha value is -2.35. The summed E-state index contributed by atoms with van der Waals surface area (Å²) in [6.07, 6.45) is 1.50. The van der Waals surface area contributed by atoms with Crippen LogP contribution in [-0.4, -0.2) is 4.98 Å². The smallest absolute Gasteiger partial charge is 0.182 e. The Balaban J connectivity index is 2.10. The van der Waals surface area contributed by atoms with Gasteiger partial charge in [0, 0.05) is 11.1 Å². The Labute approximate surface area is 106 Å². The Morgan fingerprint density at radius 1 is 0.833 bits per heavy atom. The minimum atomic E-state index is 0.821. The molecule has 3 aromatic rings. The number of nitrogens with zero attached hydrogens (tertiary/aromatic N) is 1. The van der Waals surface area contributed by atoms with Crippen LogP contribution in [0.2, 0.25) is 0 Å². The lowest BCUT2D eigenvalue weighted by molar-refractivity contribution is 0.572. The number of benzene rings is 2. The van der Waals surface area contributed by atoms with E-state index in [-0.39, 0.29) is 0 Å². The number of rotatable bonds is 2. The maximum absolute atomic E-state index is 5.53. The third kappa shape index (κ3) is 1.93. The molecule has 18 heavy (non-hydrogen) atoms. The van der Waals surface area contributed by atoms with Crippen molar-refractivity contribution in [3.63, 3.8) is 0 Å². The molecule has 0 aliphatic heterocycles. The van der Waals surface area contributed by atoms with Crippen molar-refractivity contribution in [1.29, 1.82) is 0 Å². The average molecular weight is 235 g/mol. The van der Waals surface area contributed by atoms with Crippen molar-refractivity contribution in [2.45, 2.75) is 6.92 Å². The van der Waals surface area contributed by atoms with Crippen LogP contribution in [0.4, 0.5) is 0 Å². The molecule has 0 spiro atoms. The van der Waals surface area contributed by atoms with Crippen molar-refractivity contribution in [1.82, 2.24) is 4.98 Å². The van der Waals surface area contributed by atoms with Crippen molar-refractivity contribution in [2.24, 2.45) is 0 Å². The standard InChI is InChI=1S/C16H13NO/c1-12-7-9-14(10-8-12)16-15(17-11-18-16)13-5-3-2-4-6-13/h2-11H,1H3. The minimum Gasteiger partial charge on any atom is -0.443 e. The van der Waals surface area contributed by atoms with Crippen LogP contribution in [0.5, 0.6) is 0 Å². The van der Waals surface area contributed by atoms with Gasteiger partial charge < -0.3 is 4.42 Å². The fourth-order valence-corrected chi connectivity index (χ4v) is 1.96. The van der Waals surface area contributed by atoms with E-state index in [1.54, 1.807) is 0 Å². The number of aromatic nitrogens is 1. The third-order valence-electron chi connectivity index (χ3n) is 2.93. The molecule has 0 saturated heterocycles. The van der Waals surface area contributed by atoms with Crippen LogP contribution in [0.25, 0.3) is 22.6 Å². The van der Waals surface area contributed by atoms with Crippen LogP contribution in [0.1, 0.15) is 5.56 Å². The van der Waals surface area contributed by atoms with Gasteiger partial charge in [0.2, 0.25) is 0 Å². The second kappa shape index (κ2) is 4.49. The molecule has 2 aromatic carbocycles. The van der Waals surface area contributed by atoms with Crippen LogP contribution >= 0.6 is 0 Å². The van der Waals surface area contributed by atoms with Gasteiger partial charge in [-0.3, -0.25) is 0 Å². The molecule has 0 bridgehead atoms. The Bertz CT molecular complexity index is 638. The van der Waals surface area contributed by atoms with Gasteiger partial charge in [-0.1, -0.05) is 60.2 Å². The molecule has 1 aromatic heterocycles. The zero-order chi connectivity index (χ0) is 12.4. The Kier molecular flexibility index (Phi) is 2.69. The quantitative estimate of drug-likeness (QED) is 0.661. The van der Waals surface area contributed by atoms with Crippen LogP contribution in [0.15, 0.2) is 65.4 Å². The van der Waals surface area contributed by atoms with Crippen molar-refractivity contribution in [3.8, 4) is 22.6 Å². The van der Waals surface area contributed by atoms with E-state index >= 15 is 0 Å². The predicted octanol–water partition coefficient (Wildman–Crippen LogP) is 4.32. The monoisotopic (exact) mass is 235 g/mol. The fourth-order valence-electron chi connectivity index (χ4n) is 1.96. The van der Waals surface area contributed by atoms with E-state index in [0.717, 1.165) is 22.6 Å². The number of hydrogen-bond donors (Lipinski definition) is 0. The van der Waals surface area contributed by atoms with E-state index in [1.807, 2.05) is 30.3 Å². The summed E-state index contributed by atoms with van der Waals surface area (Å²) < 4.78 is 5.53. The lowest BCUT2D eigenvalue weighted by Crippen LogP contribution is -1.82. The molecule has 1 heterocycles. The van der Waals surface area contributed by atoms with E-state index in [9.17, 15) is 0 Å². The minimum absolute atomic E-state index is 0.821. The van der Waals surface area contributed by atoms with Gasteiger partial charge in [0.1, 0.15) is 5.69 Å². The molecule has 0 saturated carbocycles. The Morgan fingerprint density at radius 3 is 2.28 bits per heavy atom. The van der Waals surface area contributed by atoms with Crippen molar-refractivity contribution >= 4 is 0 Å². The highest BCUT2D eigenvalue weighted by molar-refractivity contribution is 5.76. The van der Waals surface area contributed by atoms with Gasteiger partial charge >= 0.3 is 0 Å². The van der Waals surface area contributed by atoms with Crippen LogP contribution < -0.4 is 0 Å². The molecule has 0 unspecified atom stereocenters. The molecular weight excluding hydrogens is 222 g/mol. The number of oxazole rings is 1. The molecule has 0 amide bonds. The number of hydrogen-bond acceptors (Lipinski definition) is 2. The van der Waals surface area contributed by atoms with Gasteiger partial charge in [0.15, 0.2) is 12.2 Å². The van der Waals surface area contributed by atoms with Crippen molar-refractivity contribution in [2.75, 3.05) is 0 Å². The normalized spacial score (nSPS) is 10.5. The summed E-state index contributed by atoms with van der Waals surface area (Å²) in [5.41, 5.74) is 4.25. The van der Waals surface area contributed by atoms with Crippen LogP contribution in [0.3, 0.4) is 0 Å². The molecule has 0 N–H and O–H groups in total. The molecule has 0 atom stereocenters. The molecule has 88 valence electrons. The summed E-state index contributed by atoms with van der Waals surface area (Å²) in [5.74, 6) is 0.821. The predicted molar refractivity (Wildman–Crippen MR) is 72.1 cm³/mol. The second-order valence-electron chi connectivity index (χ2n) is 4.26. The van der Waals surface area contributed by atoms with Gasteiger partial charge in [-0.15, -0.1) is 0 Å². The lowest BCUT2D eigenvalue weighted by atomic mass is 10.0. The first kappa shape index (κ1) is 10.8. The van der Waals surface area contributed by atoms with E-state index in [4.69, 9.17) is 4.42 Å².